The highest BCUT2D eigenvalue weighted by molar-refractivity contribution is 5.86. The Bertz CT molecular complexity index is 490. The zero-order chi connectivity index (χ0) is 15.6. The van der Waals surface area contributed by atoms with Gasteiger partial charge in [0.25, 0.3) is 0 Å². The first-order valence-corrected chi connectivity index (χ1v) is 6.32. The molecule has 1 aromatic rings. The minimum atomic E-state index is -1.48. The molecule has 116 valence electrons. The monoisotopic (exact) mass is 298 g/mol. The molecule has 8 heteroatoms. The first-order valence-electron chi connectivity index (χ1n) is 6.32. The van der Waals surface area contributed by atoms with Crippen molar-refractivity contribution in [2.45, 2.75) is 30.6 Å². The van der Waals surface area contributed by atoms with Crippen LogP contribution in [0.1, 0.15) is 10.4 Å². The summed E-state index contributed by atoms with van der Waals surface area (Å²) in [6, 6.07) is 5.49. The Hall–Kier alpha value is -1.71. The van der Waals surface area contributed by atoms with Gasteiger partial charge >= 0.3 is 0 Å². The third-order valence-corrected chi connectivity index (χ3v) is 3.32. The van der Waals surface area contributed by atoms with Crippen LogP contribution in [0.15, 0.2) is 24.3 Å². The van der Waals surface area contributed by atoms with E-state index in [-0.39, 0.29) is 5.56 Å². The van der Waals surface area contributed by atoms with Gasteiger partial charge < -0.3 is 40.4 Å². The first-order chi connectivity index (χ1) is 9.93. The van der Waals surface area contributed by atoms with E-state index in [1.54, 1.807) is 0 Å². The minimum Gasteiger partial charge on any atom is -0.545 e. The normalized spacial score (nSPS) is 32.7. The Morgan fingerprint density at radius 3 is 2.29 bits per heavy atom. The summed E-state index contributed by atoms with van der Waals surface area (Å²) in [4.78, 5) is 10.6. The molecule has 0 spiro atoms. The highest BCUT2D eigenvalue weighted by Gasteiger charge is 2.43. The van der Waals surface area contributed by atoms with Crippen molar-refractivity contribution < 1.29 is 35.1 Å². The maximum atomic E-state index is 10.6. The Labute approximate surface area is 120 Å². The molecule has 0 unspecified atom stereocenters. The van der Waals surface area contributed by atoms with Crippen LogP contribution < -0.4 is 10.4 Å². The lowest BCUT2D eigenvalue weighted by molar-refractivity contribution is -0.255. The predicted molar refractivity (Wildman–Crippen MR) is 68.2 cm³/mol. The number of anilines is 1. The molecule has 0 radical (unpaired) electrons. The Balaban J connectivity index is 2.08. The van der Waals surface area contributed by atoms with Gasteiger partial charge in [0.1, 0.15) is 24.4 Å². The zero-order valence-electron chi connectivity index (χ0n) is 10.9. The maximum Gasteiger partial charge on any atom is 0.157 e. The van der Waals surface area contributed by atoms with E-state index in [4.69, 9.17) is 9.84 Å². The second kappa shape index (κ2) is 6.37. The fraction of sp³-hybridized carbons (Fsp3) is 0.462. The molecule has 1 aromatic carbocycles. The quantitative estimate of drug-likeness (QED) is 0.403. The van der Waals surface area contributed by atoms with Crippen molar-refractivity contribution in [3.63, 3.8) is 0 Å². The summed E-state index contributed by atoms with van der Waals surface area (Å²) in [6.45, 7) is -0.521. The molecule has 0 amide bonds. The molecule has 0 aromatic heterocycles. The number of aliphatic hydroxyl groups is 4. The van der Waals surface area contributed by atoms with Crippen molar-refractivity contribution in [1.82, 2.24) is 0 Å². The molecule has 21 heavy (non-hydrogen) atoms. The van der Waals surface area contributed by atoms with Gasteiger partial charge in [0.05, 0.1) is 12.6 Å². The summed E-state index contributed by atoms with van der Waals surface area (Å²) in [5.74, 6) is -1.31. The molecule has 0 aliphatic carbocycles. The lowest BCUT2D eigenvalue weighted by atomic mass is 9.98. The number of carboxylic acids is 1. The van der Waals surface area contributed by atoms with Crippen molar-refractivity contribution in [1.29, 1.82) is 0 Å². The van der Waals surface area contributed by atoms with E-state index >= 15 is 0 Å². The number of hydrogen-bond acceptors (Lipinski definition) is 8. The second-order valence-corrected chi connectivity index (χ2v) is 4.76. The van der Waals surface area contributed by atoms with Gasteiger partial charge in [-0.25, -0.2) is 0 Å². The third kappa shape index (κ3) is 3.31. The fourth-order valence-electron chi connectivity index (χ4n) is 2.09. The Morgan fingerprint density at radius 1 is 1.14 bits per heavy atom. The molecule has 5 N–H and O–H groups in total. The first kappa shape index (κ1) is 15.7. The van der Waals surface area contributed by atoms with E-state index < -0.39 is 43.2 Å². The Morgan fingerprint density at radius 2 is 1.76 bits per heavy atom. The van der Waals surface area contributed by atoms with Crippen molar-refractivity contribution in [2.75, 3.05) is 11.9 Å². The average molecular weight is 298 g/mol. The summed E-state index contributed by atoms with van der Waals surface area (Å²) in [6.07, 6.45) is -6.39. The third-order valence-electron chi connectivity index (χ3n) is 3.32. The van der Waals surface area contributed by atoms with Gasteiger partial charge in [-0.3, -0.25) is 0 Å². The summed E-state index contributed by atoms with van der Waals surface area (Å²) in [7, 11) is 0. The van der Waals surface area contributed by atoms with Crippen LogP contribution in [0.5, 0.6) is 0 Å². The Kier molecular flexibility index (Phi) is 4.76. The number of carbonyl (C=O) groups excluding carboxylic acids is 1. The molecule has 2 rings (SSSR count). The van der Waals surface area contributed by atoms with Crippen LogP contribution in [-0.2, 0) is 4.74 Å². The molecule has 5 atom stereocenters. The topological polar surface area (TPSA) is 142 Å². The molecule has 1 aliphatic rings. The molecule has 0 saturated carbocycles. The van der Waals surface area contributed by atoms with Gasteiger partial charge in [0, 0.05) is 5.69 Å². The van der Waals surface area contributed by atoms with Crippen molar-refractivity contribution >= 4 is 11.7 Å². The number of carboxylic acid groups (broad SMARTS) is 1. The zero-order valence-corrected chi connectivity index (χ0v) is 10.9. The second-order valence-electron chi connectivity index (χ2n) is 4.76. The van der Waals surface area contributed by atoms with E-state index in [9.17, 15) is 25.2 Å². The number of nitrogens with one attached hydrogen (secondary N) is 1. The lowest BCUT2D eigenvalue weighted by Crippen LogP contribution is -2.60. The molecule has 1 heterocycles. The summed E-state index contributed by atoms with van der Waals surface area (Å²) in [5, 5.41) is 51.6. The van der Waals surface area contributed by atoms with E-state index in [0.717, 1.165) is 0 Å². The van der Waals surface area contributed by atoms with Crippen LogP contribution in [-0.4, -0.2) is 63.6 Å². The molecule has 1 saturated heterocycles. The number of hydrogen-bond donors (Lipinski definition) is 5. The SMILES string of the molecule is O=C([O-])c1ccc(N[C@@H]2O[C@@H](CO)[C@@H](O)[C@@H](O)[C@@H]2O)cc1. The standard InChI is InChI=1S/C13H17NO7/c15-5-8-9(16)10(17)11(18)12(21-8)14-7-3-1-6(2-4-7)13(19)20/h1-4,8-12,14-18H,5H2,(H,19,20)/p-1/t8-,9+,10+,11-,12+/m0/s1. The number of aliphatic hydroxyl groups excluding tert-OH is 4. The molecular formula is C13H16NO7-. The van der Waals surface area contributed by atoms with E-state index in [0.29, 0.717) is 5.69 Å². The molecule has 1 aliphatic heterocycles. The number of ether oxygens (including phenoxy) is 1. The number of benzene rings is 1. The molecule has 0 bridgehead atoms. The van der Waals surface area contributed by atoms with Gasteiger partial charge in [-0.2, -0.15) is 0 Å². The van der Waals surface area contributed by atoms with Crippen LogP contribution in [0.3, 0.4) is 0 Å². The minimum absolute atomic E-state index is 0.00523. The van der Waals surface area contributed by atoms with Crippen molar-refractivity contribution in [3.8, 4) is 0 Å². The predicted octanol–water partition coefficient (Wildman–Crippen LogP) is -2.74. The van der Waals surface area contributed by atoms with Gasteiger partial charge in [-0.05, 0) is 17.7 Å². The number of aromatic carboxylic acids is 1. The van der Waals surface area contributed by atoms with Gasteiger partial charge in [-0.1, -0.05) is 12.1 Å². The van der Waals surface area contributed by atoms with E-state index in [2.05, 4.69) is 5.32 Å². The summed E-state index contributed by atoms with van der Waals surface area (Å²) in [5.41, 5.74) is 0.429. The smallest absolute Gasteiger partial charge is 0.157 e. The highest BCUT2D eigenvalue weighted by Crippen LogP contribution is 2.23. The highest BCUT2D eigenvalue weighted by atomic mass is 16.6. The molecular weight excluding hydrogens is 282 g/mol. The van der Waals surface area contributed by atoms with Gasteiger partial charge in [0.15, 0.2) is 6.23 Å². The number of carbonyl (C=O) groups is 1. The van der Waals surface area contributed by atoms with Crippen LogP contribution in [0.25, 0.3) is 0 Å². The van der Waals surface area contributed by atoms with Crippen LogP contribution in [0.4, 0.5) is 5.69 Å². The summed E-state index contributed by atoms with van der Waals surface area (Å²) < 4.78 is 5.26. The van der Waals surface area contributed by atoms with Gasteiger partial charge in [-0.15, -0.1) is 0 Å². The van der Waals surface area contributed by atoms with Gasteiger partial charge in [0.2, 0.25) is 0 Å². The maximum absolute atomic E-state index is 10.6. The largest absolute Gasteiger partial charge is 0.545 e. The van der Waals surface area contributed by atoms with Crippen LogP contribution in [0.2, 0.25) is 0 Å². The lowest BCUT2D eigenvalue weighted by Gasteiger charge is -2.40. The van der Waals surface area contributed by atoms with E-state index in [1.165, 1.54) is 24.3 Å². The average Bonchev–Trinajstić information content (AvgIpc) is 2.48. The van der Waals surface area contributed by atoms with E-state index in [1.807, 2.05) is 0 Å². The number of rotatable bonds is 4. The van der Waals surface area contributed by atoms with Crippen molar-refractivity contribution in [3.05, 3.63) is 29.8 Å². The van der Waals surface area contributed by atoms with Crippen molar-refractivity contribution in [2.24, 2.45) is 0 Å². The van der Waals surface area contributed by atoms with Crippen LogP contribution in [0, 0.1) is 0 Å². The fourth-order valence-corrected chi connectivity index (χ4v) is 2.09. The molecule has 8 nitrogen and oxygen atoms in total. The molecule has 1 fully saturated rings. The van der Waals surface area contributed by atoms with Crippen LogP contribution >= 0.6 is 0 Å². The summed E-state index contributed by atoms with van der Waals surface area (Å²) >= 11 is 0.